The van der Waals surface area contributed by atoms with Crippen LogP contribution in [0.5, 0.6) is 0 Å². The topological polar surface area (TPSA) is 69.7 Å². The van der Waals surface area contributed by atoms with E-state index in [9.17, 15) is 13.2 Å². The SMILES string of the molecule is CNCC1CCN(C(=O)Cc2ccc(S(=O)(=O)N3CCCCC3)s2)CC1. The average molecular weight is 400 g/mol. The maximum atomic E-state index is 12.7. The quantitative estimate of drug-likeness (QED) is 0.793. The Labute approximate surface area is 160 Å². The molecular formula is C18H29N3O3S2. The highest BCUT2D eigenvalue weighted by Crippen LogP contribution is 2.28. The minimum atomic E-state index is -3.40. The average Bonchev–Trinajstić information content (AvgIpc) is 3.12. The molecule has 2 fully saturated rings. The first-order valence-electron chi connectivity index (χ1n) is 9.52. The Balaban J connectivity index is 1.57. The van der Waals surface area contributed by atoms with Gasteiger partial charge in [0.25, 0.3) is 10.0 Å². The largest absolute Gasteiger partial charge is 0.342 e. The standard InChI is InChI=1S/C18H29N3O3S2/c1-19-14-15-7-11-20(12-8-15)17(22)13-16-5-6-18(25-16)26(23,24)21-9-3-2-4-10-21/h5-6,15,19H,2-4,7-14H2,1H3. The molecule has 2 aliphatic heterocycles. The van der Waals surface area contributed by atoms with Gasteiger partial charge in [0.05, 0.1) is 6.42 Å². The first-order chi connectivity index (χ1) is 12.5. The van der Waals surface area contributed by atoms with Gasteiger partial charge in [-0.05, 0) is 57.3 Å². The van der Waals surface area contributed by atoms with E-state index in [0.29, 0.717) is 29.6 Å². The third kappa shape index (κ3) is 4.65. The summed E-state index contributed by atoms with van der Waals surface area (Å²) >= 11 is 1.25. The van der Waals surface area contributed by atoms with E-state index >= 15 is 0 Å². The number of carbonyl (C=O) groups is 1. The Bertz CT molecular complexity index is 703. The van der Waals surface area contributed by atoms with Crippen LogP contribution in [0, 0.1) is 5.92 Å². The molecule has 1 amide bonds. The zero-order valence-corrected chi connectivity index (χ0v) is 17.1. The van der Waals surface area contributed by atoms with Gasteiger partial charge in [-0.15, -0.1) is 11.3 Å². The van der Waals surface area contributed by atoms with E-state index in [1.165, 1.54) is 11.3 Å². The molecule has 0 spiro atoms. The van der Waals surface area contributed by atoms with Crippen LogP contribution in [0.3, 0.4) is 0 Å². The molecule has 2 aliphatic rings. The maximum absolute atomic E-state index is 12.7. The molecule has 3 rings (SSSR count). The molecule has 8 heteroatoms. The zero-order valence-electron chi connectivity index (χ0n) is 15.4. The van der Waals surface area contributed by atoms with E-state index in [-0.39, 0.29) is 5.91 Å². The lowest BCUT2D eigenvalue weighted by Gasteiger charge is -2.32. The van der Waals surface area contributed by atoms with Crippen molar-refractivity contribution in [2.24, 2.45) is 5.92 Å². The second kappa shape index (κ2) is 8.82. The Morgan fingerprint density at radius 3 is 2.50 bits per heavy atom. The smallest absolute Gasteiger partial charge is 0.252 e. The molecule has 1 aromatic heterocycles. The number of hydrogen-bond donors (Lipinski definition) is 1. The van der Waals surface area contributed by atoms with Crippen molar-refractivity contribution in [2.75, 3.05) is 39.8 Å². The normalized spacial score (nSPS) is 20.4. The summed E-state index contributed by atoms with van der Waals surface area (Å²) in [6, 6.07) is 3.46. The second-order valence-electron chi connectivity index (χ2n) is 7.24. The van der Waals surface area contributed by atoms with E-state index in [1.54, 1.807) is 16.4 Å². The third-order valence-corrected chi connectivity index (χ3v) is 8.78. The van der Waals surface area contributed by atoms with Crippen LogP contribution < -0.4 is 5.32 Å². The lowest BCUT2D eigenvalue weighted by molar-refractivity contribution is -0.131. The van der Waals surface area contributed by atoms with E-state index < -0.39 is 10.0 Å². The van der Waals surface area contributed by atoms with Gasteiger partial charge in [-0.25, -0.2) is 8.42 Å². The summed E-state index contributed by atoms with van der Waals surface area (Å²) in [6.45, 7) is 3.82. The second-order valence-corrected chi connectivity index (χ2v) is 10.6. The van der Waals surface area contributed by atoms with E-state index in [1.807, 2.05) is 11.9 Å². The fourth-order valence-electron chi connectivity index (χ4n) is 3.76. The Morgan fingerprint density at radius 2 is 1.85 bits per heavy atom. The molecule has 0 bridgehead atoms. The molecule has 26 heavy (non-hydrogen) atoms. The molecule has 6 nitrogen and oxygen atoms in total. The van der Waals surface area contributed by atoms with Crippen LogP contribution in [0.1, 0.15) is 37.0 Å². The molecular weight excluding hydrogens is 370 g/mol. The third-order valence-electron chi connectivity index (χ3n) is 5.33. The Kier molecular flexibility index (Phi) is 6.71. The number of piperidine rings is 2. The molecule has 1 aromatic rings. The summed E-state index contributed by atoms with van der Waals surface area (Å²) in [6.07, 6.45) is 5.33. The number of carbonyl (C=O) groups excluding carboxylic acids is 1. The summed E-state index contributed by atoms with van der Waals surface area (Å²) in [7, 11) is -1.43. The highest BCUT2D eigenvalue weighted by atomic mass is 32.2. The molecule has 0 saturated carbocycles. The Hall–Kier alpha value is -0.960. The van der Waals surface area contributed by atoms with Crippen LogP contribution >= 0.6 is 11.3 Å². The highest BCUT2D eigenvalue weighted by Gasteiger charge is 2.28. The molecule has 0 atom stereocenters. The molecule has 1 N–H and O–H groups in total. The van der Waals surface area contributed by atoms with Crippen LogP contribution in [-0.2, 0) is 21.2 Å². The monoisotopic (exact) mass is 399 g/mol. The molecule has 3 heterocycles. The van der Waals surface area contributed by atoms with Gasteiger partial charge < -0.3 is 10.2 Å². The summed E-state index contributed by atoms with van der Waals surface area (Å²) in [5.41, 5.74) is 0. The van der Waals surface area contributed by atoms with Crippen molar-refractivity contribution >= 4 is 27.3 Å². The fraction of sp³-hybridized carbons (Fsp3) is 0.722. The molecule has 0 aliphatic carbocycles. The van der Waals surface area contributed by atoms with Crippen molar-refractivity contribution in [1.82, 2.24) is 14.5 Å². The van der Waals surface area contributed by atoms with Crippen LogP contribution in [0.15, 0.2) is 16.3 Å². The van der Waals surface area contributed by atoms with Gasteiger partial charge in [0.15, 0.2) is 0 Å². The van der Waals surface area contributed by atoms with Crippen molar-refractivity contribution in [1.29, 1.82) is 0 Å². The Morgan fingerprint density at radius 1 is 1.15 bits per heavy atom. The number of rotatable bonds is 6. The number of likely N-dealkylation sites (tertiary alicyclic amines) is 1. The molecule has 0 unspecified atom stereocenters. The van der Waals surface area contributed by atoms with Crippen LogP contribution in [0.2, 0.25) is 0 Å². The number of nitrogens with zero attached hydrogens (tertiary/aromatic N) is 2. The van der Waals surface area contributed by atoms with Gasteiger partial charge in [0, 0.05) is 31.1 Å². The number of sulfonamides is 1. The summed E-state index contributed by atoms with van der Waals surface area (Å²) in [5, 5.41) is 3.20. The van der Waals surface area contributed by atoms with Crippen molar-refractivity contribution in [2.45, 2.75) is 42.7 Å². The van der Waals surface area contributed by atoms with Crippen LogP contribution in [-0.4, -0.2) is 63.3 Å². The van der Waals surface area contributed by atoms with Gasteiger partial charge >= 0.3 is 0 Å². The maximum Gasteiger partial charge on any atom is 0.252 e. The molecule has 2 saturated heterocycles. The summed E-state index contributed by atoms with van der Waals surface area (Å²) in [4.78, 5) is 15.3. The van der Waals surface area contributed by atoms with E-state index in [0.717, 1.165) is 56.6 Å². The molecule has 0 aromatic carbocycles. The van der Waals surface area contributed by atoms with E-state index in [2.05, 4.69) is 5.32 Å². The van der Waals surface area contributed by atoms with Gasteiger partial charge in [0.1, 0.15) is 4.21 Å². The van der Waals surface area contributed by atoms with Crippen molar-refractivity contribution in [3.63, 3.8) is 0 Å². The van der Waals surface area contributed by atoms with Gasteiger partial charge in [-0.1, -0.05) is 6.42 Å². The molecule has 146 valence electrons. The zero-order chi connectivity index (χ0) is 18.6. The van der Waals surface area contributed by atoms with Gasteiger partial charge in [-0.2, -0.15) is 4.31 Å². The van der Waals surface area contributed by atoms with Crippen LogP contribution in [0.4, 0.5) is 0 Å². The van der Waals surface area contributed by atoms with Gasteiger partial charge in [-0.3, -0.25) is 4.79 Å². The lowest BCUT2D eigenvalue weighted by Crippen LogP contribution is -2.41. The van der Waals surface area contributed by atoms with Crippen molar-refractivity contribution in [3.8, 4) is 0 Å². The van der Waals surface area contributed by atoms with Crippen molar-refractivity contribution < 1.29 is 13.2 Å². The van der Waals surface area contributed by atoms with Gasteiger partial charge in [0.2, 0.25) is 5.91 Å². The number of amides is 1. The minimum Gasteiger partial charge on any atom is -0.342 e. The fourth-order valence-corrected chi connectivity index (χ4v) is 6.78. The number of nitrogens with one attached hydrogen (secondary N) is 1. The summed E-state index contributed by atoms with van der Waals surface area (Å²) < 4.78 is 27.4. The highest BCUT2D eigenvalue weighted by molar-refractivity contribution is 7.91. The summed E-state index contributed by atoms with van der Waals surface area (Å²) in [5.74, 6) is 0.753. The van der Waals surface area contributed by atoms with Crippen molar-refractivity contribution in [3.05, 3.63) is 17.0 Å². The first-order valence-corrected chi connectivity index (χ1v) is 11.8. The first kappa shape index (κ1) is 19.8. The minimum absolute atomic E-state index is 0.108. The number of hydrogen-bond acceptors (Lipinski definition) is 5. The predicted octanol–water partition coefficient (Wildman–Crippen LogP) is 1.92. The predicted molar refractivity (Wildman–Crippen MR) is 104 cm³/mol. The molecule has 0 radical (unpaired) electrons. The van der Waals surface area contributed by atoms with Crippen LogP contribution in [0.25, 0.3) is 0 Å². The lowest BCUT2D eigenvalue weighted by atomic mass is 9.96. The number of thiophene rings is 1. The van der Waals surface area contributed by atoms with E-state index in [4.69, 9.17) is 0 Å².